The Labute approximate surface area is 179 Å². The number of carbonyl (C=O) groups is 1. The largest absolute Gasteiger partial charge is 0.352 e. The Morgan fingerprint density at radius 1 is 1.00 bits per heavy atom. The fourth-order valence-corrected chi connectivity index (χ4v) is 4.85. The Morgan fingerprint density at radius 3 is 2.57 bits per heavy atom. The fraction of sp³-hybridized carbons (Fsp3) is 0.370. The fourth-order valence-electron chi connectivity index (χ4n) is 4.85. The van der Waals surface area contributed by atoms with Gasteiger partial charge in [0, 0.05) is 25.6 Å². The smallest absolute Gasteiger partial charge is 0.217 e. The molecule has 3 aromatic rings. The predicted octanol–water partition coefficient (Wildman–Crippen LogP) is 5.85. The van der Waals surface area contributed by atoms with Crippen LogP contribution in [0, 0.1) is 0 Å². The summed E-state index contributed by atoms with van der Waals surface area (Å²) >= 11 is 0. The van der Waals surface area contributed by atoms with Gasteiger partial charge in [0.15, 0.2) is 0 Å². The van der Waals surface area contributed by atoms with Crippen molar-refractivity contribution in [2.75, 3.05) is 0 Å². The van der Waals surface area contributed by atoms with Crippen molar-refractivity contribution in [2.24, 2.45) is 0 Å². The van der Waals surface area contributed by atoms with E-state index in [0.717, 1.165) is 5.56 Å². The van der Waals surface area contributed by atoms with E-state index in [1.54, 1.807) is 6.92 Å². The summed E-state index contributed by atoms with van der Waals surface area (Å²) in [7, 11) is 0. The average Bonchev–Trinajstić information content (AvgIpc) is 2.78. The number of amides is 1. The molecule has 1 saturated carbocycles. The molecule has 0 radical (unpaired) electrons. The normalized spacial score (nSPS) is 20.1. The predicted molar refractivity (Wildman–Crippen MR) is 124 cm³/mol. The third-order valence-electron chi connectivity index (χ3n) is 6.44. The van der Waals surface area contributed by atoms with Crippen molar-refractivity contribution in [3.05, 3.63) is 83.4 Å². The molecule has 3 atom stereocenters. The Balaban J connectivity index is 1.41. The maximum Gasteiger partial charge on any atom is 0.217 e. The molecule has 3 heteroatoms. The average molecular weight is 401 g/mol. The van der Waals surface area contributed by atoms with Crippen LogP contribution in [-0.2, 0) is 11.3 Å². The first-order chi connectivity index (χ1) is 14.6. The van der Waals surface area contributed by atoms with Crippen LogP contribution in [0.3, 0.4) is 0 Å². The van der Waals surface area contributed by atoms with Crippen LogP contribution in [0.25, 0.3) is 10.8 Å². The summed E-state index contributed by atoms with van der Waals surface area (Å²) in [6.07, 6.45) is 4.94. The molecule has 1 aliphatic carbocycles. The number of nitrogens with one attached hydrogen (secondary N) is 2. The van der Waals surface area contributed by atoms with Gasteiger partial charge in [-0.05, 0) is 59.6 Å². The number of hydrogen-bond donors (Lipinski definition) is 2. The lowest BCUT2D eigenvalue weighted by Crippen LogP contribution is -2.35. The molecule has 0 spiro atoms. The molecule has 0 aliphatic heterocycles. The third kappa shape index (κ3) is 4.91. The SMILES string of the molecule is CC(=O)NCc1ccc(C2CCCC(NC(C)c3cccc4ccccc34)C2)cc1. The molecule has 0 heterocycles. The van der Waals surface area contributed by atoms with Crippen molar-refractivity contribution in [3.8, 4) is 0 Å². The van der Waals surface area contributed by atoms with Crippen molar-refractivity contribution in [2.45, 2.75) is 64.1 Å². The topological polar surface area (TPSA) is 41.1 Å². The van der Waals surface area contributed by atoms with Gasteiger partial charge in [0.2, 0.25) is 5.91 Å². The zero-order chi connectivity index (χ0) is 20.9. The minimum Gasteiger partial charge on any atom is -0.352 e. The second-order valence-corrected chi connectivity index (χ2v) is 8.67. The van der Waals surface area contributed by atoms with E-state index in [1.807, 2.05) is 0 Å². The molecule has 0 saturated heterocycles. The summed E-state index contributed by atoms with van der Waals surface area (Å²) in [5, 5.41) is 9.45. The molecule has 2 N–H and O–H groups in total. The minimum atomic E-state index is 0.0144. The lowest BCUT2D eigenvalue weighted by Gasteiger charge is -2.32. The van der Waals surface area contributed by atoms with Gasteiger partial charge in [0.05, 0.1) is 0 Å². The quantitative estimate of drug-likeness (QED) is 0.545. The second-order valence-electron chi connectivity index (χ2n) is 8.67. The molecule has 3 aromatic carbocycles. The van der Waals surface area contributed by atoms with Crippen molar-refractivity contribution in [1.29, 1.82) is 0 Å². The van der Waals surface area contributed by atoms with Crippen molar-refractivity contribution < 1.29 is 4.79 Å². The van der Waals surface area contributed by atoms with Crippen LogP contribution in [0.15, 0.2) is 66.7 Å². The number of fused-ring (bicyclic) bond motifs is 1. The zero-order valence-corrected chi connectivity index (χ0v) is 18.0. The Morgan fingerprint density at radius 2 is 1.77 bits per heavy atom. The van der Waals surface area contributed by atoms with Gasteiger partial charge in [-0.25, -0.2) is 0 Å². The van der Waals surface area contributed by atoms with Crippen molar-refractivity contribution in [1.82, 2.24) is 10.6 Å². The van der Waals surface area contributed by atoms with Gasteiger partial charge in [0.25, 0.3) is 0 Å². The van der Waals surface area contributed by atoms with Gasteiger partial charge in [0.1, 0.15) is 0 Å². The molecule has 30 heavy (non-hydrogen) atoms. The first-order valence-corrected chi connectivity index (χ1v) is 11.2. The summed E-state index contributed by atoms with van der Waals surface area (Å²) < 4.78 is 0. The maximum absolute atomic E-state index is 11.1. The maximum atomic E-state index is 11.1. The van der Waals surface area contributed by atoms with Crippen LogP contribution in [-0.4, -0.2) is 11.9 Å². The number of hydrogen-bond acceptors (Lipinski definition) is 2. The van der Waals surface area contributed by atoms with E-state index in [4.69, 9.17) is 0 Å². The molecule has 3 unspecified atom stereocenters. The van der Waals surface area contributed by atoms with Crippen LogP contribution in [0.2, 0.25) is 0 Å². The van der Waals surface area contributed by atoms with Gasteiger partial charge in [-0.3, -0.25) is 4.79 Å². The highest BCUT2D eigenvalue weighted by Crippen LogP contribution is 2.34. The molecule has 3 nitrogen and oxygen atoms in total. The first-order valence-electron chi connectivity index (χ1n) is 11.2. The number of rotatable bonds is 6. The van der Waals surface area contributed by atoms with E-state index in [-0.39, 0.29) is 5.91 Å². The molecular formula is C27H32N2O. The van der Waals surface area contributed by atoms with Gasteiger partial charge in [-0.1, -0.05) is 73.2 Å². The van der Waals surface area contributed by atoms with E-state index >= 15 is 0 Å². The Kier molecular flexibility index (Phi) is 6.49. The second kappa shape index (κ2) is 9.44. The highest BCUT2D eigenvalue weighted by molar-refractivity contribution is 5.86. The molecular weight excluding hydrogens is 368 g/mol. The van der Waals surface area contributed by atoms with Gasteiger partial charge in [-0.15, -0.1) is 0 Å². The summed E-state index contributed by atoms with van der Waals surface area (Å²) in [6.45, 7) is 4.46. The summed E-state index contributed by atoms with van der Waals surface area (Å²) in [5.74, 6) is 0.617. The van der Waals surface area contributed by atoms with E-state index in [1.165, 1.54) is 47.6 Å². The summed E-state index contributed by atoms with van der Waals surface area (Å²) in [6, 6.07) is 25.0. The van der Waals surface area contributed by atoms with Gasteiger partial charge in [-0.2, -0.15) is 0 Å². The Bertz CT molecular complexity index is 990. The van der Waals surface area contributed by atoms with Crippen LogP contribution in [0.5, 0.6) is 0 Å². The monoisotopic (exact) mass is 400 g/mol. The van der Waals surface area contributed by atoms with Gasteiger partial charge >= 0.3 is 0 Å². The van der Waals surface area contributed by atoms with Crippen LogP contribution in [0.1, 0.15) is 68.2 Å². The van der Waals surface area contributed by atoms with E-state index in [0.29, 0.717) is 24.5 Å². The highest BCUT2D eigenvalue weighted by Gasteiger charge is 2.24. The minimum absolute atomic E-state index is 0.0144. The molecule has 0 aromatic heterocycles. The molecule has 156 valence electrons. The van der Waals surface area contributed by atoms with E-state index < -0.39 is 0 Å². The lowest BCUT2D eigenvalue weighted by molar-refractivity contribution is -0.119. The zero-order valence-electron chi connectivity index (χ0n) is 18.0. The molecule has 0 bridgehead atoms. The van der Waals surface area contributed by atoms with E-state index in [2.05, 4.69) is 84.3 Å². The molecule has 1 amide bonds. The lowest BCUT2D eigenvalue weighted by atomic mass is 9.81. The van der Waals surface area contributed by atoms with Crippen molar-refractivity contribution >= 4 is 16.7 Å². The standard InChI is InChI=1S/C27H32N2O/c1-19(26-12-6-8-23-7-3-4-11-27(23)26)29-25-10-5-9-24(17-25)22-15-13-21(14-16-22)18-28-20(2)30/h3-4,6-8,11-16,19,24-25,29H,5,9-10,17-18H2,1-2H3,(H,28,30). The van der Waals surface area contributed by atoms with Crippen LogP contribution >= 0.6 is 0 Å². The van der Waals surface area contributed by atoms with Crippen LogP contribution in [0.4, 0.5) is 0 Å². The van der Waals surface area contributed by atoms with E-state index in [9.17, 15) is 4.79 Å². The van der Waals surface area contributed by atoms with Crippen LogP contribution < -0.4 is 10.6 Å². The third-order valence-corrected chi connectivity index (χ3v) is 6.44. The molecule has 1 fully saturated rings. The number of benzene rings is 3. The highest BCUT2D eigenvalue weighted by atomic mass is 16.1. The summed E-state index contributed by atoms with van der Waals surface area (Å²) in [4.78, 5) is 11.1. The first kappa shape index (κ1) is 20.6. The van der Waals surface area contributed by atoms with Crippen molar-refractivity contribution in [3.63, 3.8) is 0 Å². The molecule has 1 aliphatic rings. The summed E-state index contributed by atoms with van der Waals surface area (Å²) in [5.41, 5.74) is 3.97. The number of carbonyl (C=O) groups excluding carboxylic acids is 1. The van der Waals surface area contributed by atoms with Gasteiger partial charge < -0.3 is 10.6 Å². The molecule has 4 rings (SSSR count). The Hall–Kier alpha value is -2.65.